The van der Waals surface area contributed by atoms with Crippen molar-refractivity contribution in [1.82, 2.24) is 10.7 Å². The summed E-state index contributed by atoms with van der Waals surface area (Å²) in [6.45, 7) is 4.56. The number of fused-ring (bicyclic) bond motifs is 1. The van der Waals surface area contributed by atoms with Crippen molar-refractivity contribution in [3.05, 3.63) is 23.8 Å². The van der Waals surface area contributed by atoms with E-state index in [-0.39, 0.29) is 6.04 Å². The number of benzene rings is 1. The number of hydrogen-bond acceptors (Lipinski definition) is 5. The van der Waals surface area contributed by atoms with Crippen LogP contribution in [-0.4, -0.2) is 37.3 Å². The van der Waals surface area contributed by atoms with Gasteiger partial charge < -0.3 is 14.8 Å². The van der Waals surface area contributed by atoms with E-state index in [2.05, 4.69) is 15.8 Å². The molecule has 0 unspecified atom stereocenters. The molecule has 0 saturated carbocycles. The quantitative estimate of drug-likeness (QED) is 0.480. The van der Waals surface area contributed by atoms with Crippen LogP contribution in [0.25, 0.3) is 0 Å². The van der Waals surface area contributed by atoms with E-state index < -0.39 is 11.8 Å². The number of ether oxygens (including phenoxy) is 2. The molecule has 0 bridgehead atoms. The van der Waals surface area contributed by atoms with Gasteiger partial charge in [-0.05, 0) is 37.6 Å². The third kappa shape index (κ3) is 4.20. The van der Waals surface area contributed by atoms with Crippen LogP contribution in [0.1, 0.15) is 19.4 Å². The van der Waals surface area contributed by atoms with Crippen LogP contribution in [0.15, 0.2) is 23.3 Å². The zero-order valence-corrected chi connectivity index (χ0v) is 11.9. The third-order valence-electron chi connectivity index (χ3n) is 2.57. The molecular formula is C14H17N3O4. The molecule has 2 rings (SSSR count). The topological polar surface area (TPSA) is 89.0 Å². The second-order valence-corrected chi connectivity index (χ2v) is 4.73. The van der Waals surface area contributed by atoms with E-state index >= 15 is 0 Å². The van der Waals surface area contributed by atoms with E-state index in [9.17, 15) is 9.59 Å². The molecule has 0 spiro atoms. The molecule has 1 aliphatic heterocycles. The van der Waals surface area contributed by atoms with Crippen LogP contribution in [0.2, 0.25) is 0 Å². The van der Waals surface area contributed by atoms with Crippen LogP contribution in [0.3, 0.4) is 0 Å². The molecule has 7 heteroatoms. The van der Waals surface area contributed by atoms with Crippen molar-refractivity contribution in [3.63, 3.8) is 0 Å². The van der Waals surface area contributed by atoms with Crippen LogP contribution < -0.4 is 20.2 Å². The number of amides is 2. The van der Waals surface area contributed by atoms with Crippen LogP contribution in [0, 0.1) is 0 Å². The summed E-state index contributed by atoms with van der Waals surface area (Å²) in [5.74, 6) is -0.213. The minimum absolute atomic E-state index is 0.106. The number of nitrogens with zero attached hydrogens (tertiary/aromatic N) is 1. The fraction of sp³-hybridized carbons (Fsp3) is 0.357. The van der Waals surface area contributed by atoms with E-state index in [1.807, 2.05) is 0 Å². The van der Waals surface area contributed by atoms with E-state index in [0.29, 0.717) is 24.7 Å². The second-order valence-electron chi connectivity index (χ2n) is 4.73. The van der Waals surface area contributed by atoms with Gasteiger partial charge in [0.25, 0.3) is 0 Å². The normalized spacial score (nSPS) is 13.3. The van der Waals surface area contributed by atoms with Gasteiger partial charge in [0.2, 0.25) is 0 Å². The highest BCUT2D eigenvalue weighted by atomic mass is 16.6. The smallest absolute Gasteiger partial charge is 0.329 e. The lowest BCUT2D eigenvalue weighted by atomic mass is 10.2. The Hall–Kier alpha value is -2.57. The Morgan fingerprint density at radius 2 is 1.90 bits per heavy atom. The SMILES string of the molecule is CC(C)NC(=O)C(=O)N/N=C\c1ccc2c(c1)OCCO2. The summed E-state index contributed by atoms with van der Waals surface area (Å²) in [6, 6.07) is 5.18. The maximum absolute atomic E-state index is 11.4. The van der Waals surface area contributed by atoms with Gasteiger partial charge >= 0.3 is 11.8 Å². The fourth-order valence-corrected chi connectivity index (χ4v) is 1.68. The van der Waals surface area contributed by atoms with Gasteiger partial charge in [0, 0.05) is 6.04 Å². The Morgan fingerprint density at radius 3 is 2.62 bits per heavy atom. The molecule has 0 radical (unpaired) electrons. The van der Waals surface area contributed by atoms with Crippen molar-refractivity contribution in [2.75, 3.05) is 13.2 Å². The van der Waals surface area contributed by atoms with Crippen molar-refractivity contribution in [2.24, 2.45) is 5.10 Å². The van der Waals surface area contributed by atoms with E-state index in [1.165, 1.54) is 6.21 Å². The summed E-state index contributed by atoms with van der Waals surface area (Å²) >= 11 is 0. The summed E-state index contributed by atoms with van der Waals surface area (Å²) < 4.78 is 10.8. The van der Waals surface area contributed by atoms with E-state index in [1.54, 1.807) is 32.0 Å². The number of carbonyl (C=O) groups is 2. The first-order valence-electron chi connectivity index (χ1n) is 6.60. The fourth-order valence-electron chi connectivity index (χ4n) is 1.68. The maximum Gasteiger partial charge on any atom is 0.329 e. The van der Waals surface area contributed by atoms with Gasteiger partial charge in [0.1, 0.15) is 13.2 Å². The number of hydrogen-bond donors (Lipinski definition) is 2. The minimum Gasteiger partial charge on any atom is -0.486 e. The zero-order chi connectivity index (χ0) is 15.2. The Labute approximate surface area is 122 Å². The van der Waals surface area contributed by atoms with Crippen molar-refractivity contribution in [2.45, 2.75) is 19.9 Å². The van der Waals surface area contributed by atoms with E-state index in [0.717, 1.165) is 5.56 Å². The lowest BCUT2D eigenvalue weighted by molar-refractivity contribution is -0.139. The number of rotatable bonds is 3. The lowest BCUT2D eigenvalue weighted by Crippen LogP contribution is -2.41. The molecule has 2 amide bonds. The molecule has 1 aromatic carbocycles. The van der Waals surface area contributed by atoms with Crippen molar-refractivity contribution >= 4 is 18.0 Å². The van der Waals surface area contributed by atoms with Crippen LogP contribution >= 0.6 is 0 Å². The second kappa shape index (κ2) is 6.74. The van der Waals surface area contributed by atoms with Gasteiger partial charge in [0.15, 0.2) is 11.5 Å². The van der Waals surface area contributed by atoms with Crippen LogP contribution in [0.4, 0.5) is 0 Å². The lowest BCUT2D eigenvalue weighted by Gasteiger charge is -2.18. The van der Waals surface area contributed by atoms with Gasteiger partial charge in [-0.15, -0.1) is 0 Å². The molecule has 0 aliphatic carbocycles. The number of carbonyl (C=O) groups excluding carboxylic acids is 2. The largest absolute Gasteiger partial charge is 0.486 e. The van der Waals surface area contributed by atoms with Crippen molar-refractivity contribution in [3.8, 4) is 11.5 Å². The molecule has 2 N–H and O–H groups in total. The molecular weight excluding hydrogens is 274 g/mol. The molecule has 21 heavy (non-hydrogen) atoms. The number of hydrazone groups is 1. The van der Waals surface area contributed by atoms with Crippen molar-refractivity contribution in [1.29, 1.82) is 0 Å². The Morgan fingerprint density at radius 1 is 1.19 bits per heavy atom. The molecule has 1 aliphatic rings. The van der Waals surface area contributed by atoms with Gasteiger partial charge in [-0.3, -0.25) is 9.59 Å². The first kappa shape index (κ1) is 14.8. The summed E-state index contributed by atoms with van der Waals surface area (Å²) in [7, 11) is 0. The molecule has 0 fully saturated rings. The average molecular weight is 291 g/mol. The predicted molar refractivity (Wildman–Crippen MR) is 76.4 cm³/mol. The first-order valence-corrected chi connectivity index (χ1v) is 6.60. The molecule has 112 valence electrons. The molecule has 0 saturated heterocycles. The highest BCUT2D eigenvalue weighted by Crippen LogP contribution is 2.30. The molecule has 1 aromatic rings. The minimum atomic E-state index is -0.808. The Balaban J connectivity index is 1.92. The van der Waals surface area contributed by atoms with Crippen LogP contribution in [-0.2, 0) is 9.59 Å². The first-order chi connectivity index (χ1) is 10.1. The summed E-state index contributed by atoms with van der Waals surface area (Å²) in [4.78, 5) is 22.8. The highest BCUT2D eigenvalue weighted by molar-refractivity contribution is 6.35. The standard InChI is InChI=1S/C14H17N3O4/c1-9(2)16-13(18)14(19)17-15-8-10-3-4-11-12(7-10)21-6-5-20-11/h3-4,7-9H,5-6H2,1-2H3,(H,16,18)(H,17,19)/b15-8-. The van der Waals surface area contributed by atoms with Gasteiger partial charge in [-0.1, -0.05) is 0 Å². The highest BCUT2D eigenvalue weighted by Gasteiger charge is 2.13. The summed E-state index contributed by atoms with van der Waals surface area (Å²) in [6.07, 6.45) is 1.43. The molecule has 1 heterocycles. The molecule has 0 aromatic heterocycles. The van der Waals surface area contributed by atoms with Crippen LogP contribution in [0.5, 0.6) is 11.5 Å². The molecule has 0 atom stereocenters. The van der Waals surface area contributed by atoms with Gasteiger partial charge in [0.05, 0.1) is 6.21 Å². The monoisotopic (exact) mass is 291 g/mol. The molecule has 7 nitrogen and oxygen atoms in total. The summed E-state index contributed by atoms with van der Waals surface area (Å²) in [5, 5.41) is 6.21. The maximum atomic E-state index is 11.4. The van der Waals surface area contributed by atoms with Crippen molar-refractivity contribution < 1.29 is 19.1 Å². The van der Waals surface area contributed by atoms with Gasteiger partial charge in [-0.2, -0.15) is 5.10 Å². The zero-order valence-electron chi connectivity index (χ0n) is 11.9. The predicted octanol–water partition coefficient (Wildman–Crippen LogP) is 0.432. The number of nitrogens with one attached hydrogen (secondary N) is 2. The third-order valence-corrected chi connectivity index (χ3v) is 2.57. The summed E-state index contributed by atoms with van der Waals surface area (Å²) in [5.41, 5.74) is 2.89. The Bertz CT molecular complexity index is 569. The van der Waals surface area contributed by atoms with E-state index in [4.69, 9.17) is 9.47 Å². The van der Waals surface area contributed by atoms with Gasteiger partial charge in [-0.25, -0.2) is 5.43 Å². The average Bonchev–Trinajstić information content (AvgIpc) is 2.46. The Kier molecular flexibility index (Phi) is 4.76.